The van der Waals surface area contributed by atoms with Gasteiger partial charge in [-0.2, -0.15) is 0 Å². The van der Waals surface area contributed by atoms with Crippen molar-refractivity contribution < 1.29 is 0 Å². The maximum Gasteiger partial charge on any atom is 0.0406 e. The number of hydrogen-bond acceptors (Lipinski definition) is 0. The van der Waals surface area contributed by atoms with Gasteiger partial charge in [-0.05, 0) is 63.6 Å². The summed E-state index contributed by atoms with van der Waals surface area (Å²) in [7, 11) is 0. The Kier molecular flexibility index (Phi) is 6.87. The number of hydrogen-bond donors (Lipinski definition) is 0. The van der Waals surface area contributed by atoms with E-state index in [1.54, 1.807) is 0 Å². The molecule has 0 radical (unpaired) electrons. The van der Waals surface area contributed by atoms with E-state index in [-0.39, 0.29) is 0 Å². The van der Waals surface area contributed by atoms with Crippen LogP contribution in [-0.2, 0) is 6.42 Å². The summed E-state index contributed by atoms with van der Waals surface area (Å²) in [6, 6.07) is 30.5. The first-order chi connectivity index (χ1) is 14.7. The van der Waals surface area contributed by atoms with Gasteiger partial charge in [-0.25, -0.2) is 0 Å². The molecule has 1 heteroatoms. The summed E-state index contributed by atoms with van der Waals surface area (Å²) in [6.07, 6.45) is 7.83. The number of aryl methyl sites for hydroxylation is 1. The quantitative estimate of drug-likeness (QED) is 0.253. The summed E-state index contributed by atoms with van der Waals surface area (Å²) in [5.41, 5.74) is 6.40. The van der Waals surface area contributed by atoms with Gasteiger partial charge >= 0.3 is 0 Å². The van der Waals surface area contributed by atoms with E-state index in [2.05, 4.69) is 79.7 Å². The fraction of sp³-hybridized carbons (Fsp3) is 0.241. The minimum atomic E-state index is 0.770. The second-order valence-electron chi connectivity index (χ2n) is 8.11. The molecule has 0 aliphatic rings. The average molecular weight is 413 g/mol. The van der Waals surface area contributed by atoms with Crippen LogP contribution < -0.4 is 0 Å². The summed E-state index contributed by atoms with van der Waals surface area (Å²) < 4.78 is 0. The Morgan fingerprint density at radius 1 is 0.633 bits per heavy atom. The van der Waals surface area contributed by atoms with E-state index < -0.39 is 0 Å². The zero-order chi connectivity index (χ0) is 20.8. The third-order valence-electron chi connectivity index (χ3n) is 5.89. The third-order valence-corrected chi connectivity index (χ3v) is 6.14. The Labute approximate surface area is 185 Å². The van der Waals surface area contributed by atoms with Crippen LogP contribution >= 0.6 is 11.6 Å². The Hall–Kier alpha value is -2.57. The van der Waals surface area contributed by atoms with Crippen molar-refractivity contribution in [3.8, 4) is 22.3 Å². The molecule has 0 aromatic heterocycles. The lowest BCUT2D eigenvalue weighted by atomic mass is 9.94. The molecule has 0 spiro atoms. The summed E-state index contributed by atoms with van der Waals surface area (Å²) >= 11 is 6.02. The van der Waals surface area contributed by atoms with Gasteiger partial charge in [-0.15, -0.1) is 0 Å². The summed E-state index contributed by atoms with van der Waals surface area (Å²) in [4.78, 5) is 0. The monoisotopic (exact) mass is 412 g/mol. The zero-order valence-corrected chi connectivity index (χ0v) is 18.5. The molecule has 0 aliphatic carbocycles. The van der Waals surface area contributed by atoms with Crippen LogP contribution in [-0.4, -0.2) is 0 Å². The number of unbranched alkanes of at least 4 members (excludes halogenated alkanes) is 4. The highest BCUT2D eigenvalue weighted by Gasteiger charge is 2.06. The molecular formula is C29H29Cl. The normalized spacial score (nSPS) is 11.1. The van der Waals surface area contributed by atoms with Crippen molar-refractivity contribution in [3.05, 3.63) is 95.5 Å². The molecule has 0 amide bonds. The Balaban J connectivity index is 1.54. The van der Waals surface area contributed by atoms with E-state index in [1.807, 2.05) is 12.1 Å². The highest BCUT2D eigenvalue weighted by atomic mass is 35.5. The van der Waals surface area contributed by atoms with Crippen molar-refractivity contribution >= 4 is 22.4 Å². The standard InChI is InChI=1S/C29H29Cl/c1-2-3-4-5-6-8-22-11-20-29-26(21-22)9-7-10-28(29)25-14-12-23(13-15-25)24-16-18-27(30)19-17-24/h7,9-21H,2-6,8H2,1H3. The average Bonchev–Trinajstić information content (AvgIpc) is 2.79. The minimum absolute atomic E-state index is 0.770. The topological polar surface area (TPSA) is 0 Å². The lowest BCUT2D eigenvalue weighted by Gasteiger charge is -2.10. The van der Waals surface area contributed by atoms with Crippen molar-refractivity contribution in [2.75, 3.05) is 0 Å². The predicted molar refractivity (Wildman–Crippen MR) is 132 cm³/mol. The second kappa shape index (κ2) is 9.96. The molecule has 0 N–H and O–H groups in total. The zero-order valence-electron chi connectivity index (χ0n) is 17.7. The van der Waals surface area contributed by atoms with E-state index >= 15 is 0 Å². The van der Waals surface area contributed by atoms with Crippen molar-refractivity contribution in [3.63, 3.8) is 0 Å². The number of fused-ring (bicyclic) bond motifs is 1. The van der Waals surface area contributed by atoms with Crippen LogP contribution in [0.1, 0.15) is 44.6 Å². The lowest BCUT2D eigenvalue weighted by molar-refractivity contribution is 0.632. The van der Waals surface area contributed by atoms with Gasteiger partial charge in [0.2, 0.25) is 0 Å². The van der Waals surface area contributed by atoms with Gasteiger partial charge in [0, 0.05) is 5.02 Å². The van der Waals surface area contributed by atoms with Gasteiger partial charge < -0.3 is 0 Å². The van der Waals surface area contributed by atoms with Crippen LogP contribution in [0.25, 0.3) is 33.0 Å². The van der Waals surface area contributed by atoms with Crippen LogP contribution in [0.15, 0.2) is 84.9 Å². The van der Waals surface area contributed by atoms with Gasteiger partial charge in [0.15, 0.2) is 0 Å². The molecule has 0 heterocycles. The molecule has 4 aromatic carbocycles. The molecule has 30 heavy (non-hydrogen) atoms. The molecule has 0 saturated carbocycles. The molecule has 152 valence electrons. The first kappa shape index (κ1) is 20.7. The number of rotatable bonds is 8. The van der Waals surface area contributed by atoms with Crippen LogP contribution in [0, 0.1) is 0 Å². The lowest BCUT2D eigenvalue weighted by Crippen LogP contribution is -1.88. The first-order valence-corrected chi connectivity index (χ1v) is 11.5. The van der Waals surface area contributed by atoms with Gasteiger partial charge in [0.1, 0.15) is 0 Å². The van der Waals surface area contributed by atoms with Crippen molar-refractivity contribution in [1.29, 1.82) is 0 Å². The molecule has 0 nitrogen and oxygen atoms in total. The predicted octanol–water partition coefficient (Wildman–Crippen LogP) is 9.34. The molecule has 0 bridgehead atoms. The highest BCUT2D eigenvalue weighted by molar-refractivity contribution is 6.30. The van der Waals surface area contributed by atoms with Crippen LogP contribution in [0.5, 0.6) is 0 Å². The molecule has 4 aromatic rings. The highest BCUT2D eigenvalue weighted by Crippen LogP contribution is 2.31. The minimum Gasteiger partial charge on any atom is -0.0843 e. The fourth-order valence-corrected chi connectivity index (χ4v) is 4.28. The van der Waals surface area contributed by atoms with Gasteiger partial charge in [-0.3, -0.25) is 0 Å². The number of halogens is 1. The van der Waals surface area contributed by atoms with E-state index in [9.17, 15) is 0 Å². The SMILES string of the molecule is CCCCCCCc1ccc2c(-c3ccc(-c4ccc(Cl)cc4)cc3)cccc2c1. The molecule has 0 aliphatic heterocycles. The largest absolute Gasteiger partial charge is 0.0843 e. The van der Waals surface area contributed by atoms with Crippen LogP contribution in [0.3, 0.4) is 0 Å². The van der Waals surface area contributed by atoms with Crippen LogP contribution in [0.4, 0.5) is 0 Å². The number of benzene rings is 4. The fourth-order valence-electron chi connectivity index (χ4n) is 4.16. The van der Waals surface area contributed by atoms with Crippen molar-refractivity contribution in [2.45, 2.75) is 45.4 Å². The van der Waals surface area contributed by atoms with E-state index in [0.717, 1.165) is 5.02 Å². The maximum absolute atomic E-state index is 6.02. The van der Waals surface area contributed by atoms with E-state index in [1.165, 1.54) is 77.1 Å². The summed E-state index contributed by atoms with van der Waals surface area (Å²) in [6.45, 7) is 2.27. The van der Waals surface area contributed by atoms with Crippen LogP contribution in [0.2, 0.25) is 5.02 Å². The Bertz CT molecular complexity index is 1090. The molecule has 0 fully saturated rings. The molecule has 4 rings (SSSR count). The second-order valence-corrected chi connectivity index (χ2v) is 8.55. The summed E-state index contributed by atoms with van der Waals surface area (Å²) in [5.74, 6) is 0. The molecule has 0 unspecified atom stereocenters. The Morgan fingerprint density at radius 3 is 2.03 bits per heavy atom. The first-order valence-electron chi connectivity index (χ1n) is 11.1. The van der Waals surface area contributed by atoms with Crippen molar-refractivity contribution in [1.82, 2.24) is 0 Å². The van der Waals surface area contributed by atoms with Gasteiger partial charge in [-0.1, -0.05) is 117 Å². The van der Waals surface area contributed by atoms with Gasteiger partial charge in [0.05, 0.1) is 0 Å². The van der Waals surface area contributed by atoms with Gasteiger partial charge in [0.25, 0.3) is 0 Å². The molecule has 0 atom stereocenters. The van der Waals surface area contributed by atoms with E-state index in [4.69, 9.17) is 11.6 Å². The van der Waals surface area contributed by atoms with E-state index in [0.29, 0.717) is 0 Å². The third kappa shape index (κ3) is 4.94. The smallest absolute Gasteiger partial charge is 0.0406 e. The molecule has 0 saturated heterocycles. The molecular weight excluding hydrogens is 384 g/mol. The maximum atomic E-state index is 6.02. The van der Waals surface area contributed by atoms with Crippen molar-refractivity contribution in [2.24, 2.45) is 0 Å². The summed E-state index contributed by atoms with van der Waals surface area (Å²) in [5, 5.41) is 3.43. The Morgan fingerprint density at radius 2 is 1.30 bits per heavy atom.